The van der Waals surface area contributed by atoms with Crippen molar-refractivity contribution >= 4 is 50.8 Å². The maximum absolute atomic E-state index is 16.0. The molecule has 5 N–H and O–H groups in total. The lowest BCUT2D eigenvalue weighted by Crippen LogP contribution is -2.39. The zero-order valence-electron chi connectivity index (χ0n) is 23.3. The van der Waals surface area contributed by atoms with E-state index in [1.54, 1.807) is 6.21 Å². The highest BCUT2D eigenvalue weighted by molar-refractivity contribution is 7.48. The molecular weight excluding hydrogens is 643 g/mol. The number of halogens is 1. The van der Waals surface area contributed by atoms with Crippen molar-refractivity contribution in [2.45, 2.75) is 55.4 Å². The lowest BCUT2D eigenvalue weighted by Gasteiger charge is -2.26. The number of fused-ring (bicyclic) bond motifs is 5. The average Bonchev–Trinajstić information content (AvgIpc) is 3.69. The molecule has 10 unspecified atom stereocenters. The van der Waals surface area contributed by atoms with Crippen molar-refractivity contribution in [3.63, 3.8) is 0 Å². The van der Waals surface area contributed by atoms with Crippen LogP contribution in [-0.4, -0.2) is 104 Å². The van der Waals surface area contributed by atoms with Gasteiger partial charge in [0.15, 0.2) is 35.8 Å². The molecule has 0 aromatic carbocycles. The van der Waals surface area contributed by atoms with Crippen molar-refractivity contribution in [1.29, 1.82) is 0 Å². The largest absolute Gasteiger partial charge is 0.697 e. The Labute approximate surface area is 254 Å². The van der Waals surface area contributed by atoms with Crippen LogP contribution in [0.1, 0.15) is 11.9 Å². The molecule has 22 heteroatoms. The van der Waals surface area contributed by atoms with Gasteiger partial charge in [-0.1, -0.05) is 0 Å². The van der Waals surface area contributed by atoms with E-state index in [1.807, 2.05) is 0 Å². The fourth-order valence-corrected chi connectivity index (χ4v) is 7.58. The molecule has 0 spiro atoms. The molecular formula is C23H27FN9O10P2+. The van der Waals surface area contributed by atoms with Crippen molar-refractivity contribution in [3.05, 3.63) is 24.7 Å². The third-order valence-electron chi connectivity index (χ3n) is 7.90. The molecule has 0 amide bonds. The van der Waals surface area contributed by atoms with Gasteiger partial charge in [0.1, 0.15) is 61.0 Å². The van der Waals surface area contributed by atoms with Crippen LogP contribution >= 0.6 is 16.1 Å². The van der Waals surface area contributed by atoms with Crippen LogP contribution in [0.2, 0.25) is 0 Å². The molecule has 2 bridgehead atoms. The first-order valence-electron chi connectivity index (χ1n) is 13.6. The zero-order chi connectivity index (χ0) is 31.5. The molecule has 7 heterocycles. The molecule has 19 nitrogen and oxygen atoms in total. The van der Waals surface area contributed by atoms with Crippen molar-refractivity contribution in [2.24, 2.45) is 10.9 Å². The monoisotopic (exact) mass is 670 g/mol. The normalized spacial score (nSPS) is 37.8. The minimum Gasteiger partial charge on any atom is -0.387 e. The van der Waals surface area contributed by atoms with Gasteiger partial charge in [0.25, 0.3) is 0 Å². The molecule has 4 aliphatic rings. The van der Waals surface area contributed by atoms with Crippen LogP contribution in [0, 0.1) is 5.92 Å². The maximum atomic E-state index is 16.0. The summed E-state index contributed by atoms with van der Waals surface area (Å²) < 4.78 is 83.2. The number of alkyl halides is 1. The SMILES string of the molecule is COP1(=O)OCC2OC(C3C=Nc4c(N)ncnc4C3)C(O[P+](=O)OCC3O[C@@H](n4cnc5c(N)ncnc54)C(F)C3O1)C2O. The van der Waals surface area contributed by atoms with E-state index >= 15 is 4.39 Å². The maximum Gasteiger partial charge on any atom is 0.697 e. The number of aliphatic hydroxyl groups is 1. The van der Waals surface area contributed by atoms with E-state index in [-0.39, 0.29) is 29.2 Å². The lowest BCUT2D eigenvalue weighted by molar-refractivity contribution is -0.0532. The smallest absolute Gasteiger partial charge is 0.387 e. The van der Waals surface area contributed by atoms with Gasteiger partial charge in [0, 0.05) is 30.2 Å². The van der Waals surface area contributed by atoms with Gasteiger partial charge < -0.3 is 26.0 Å². The number of anilines is 2. The number of phosphoric acid groups is 1. The summed E-state index contributed by atoms with van der Waals surface area (Å²) in [7, 11) is -6.40. The quantitative estimate of drug-likeness (QED) is 0.328. The van der Waals surface area contributed by atoms with E-state index in [0.29, 0.717) is 11.4 Å². The standard InChI is InChI=1S/C23H27FN9O10P2/c1-37-45(36)39-5-11-16(34)19(17(40-11)9-2-10-14(27-3-9)20(25)29-6-28-10)42-44(35)38-4-12-18(43-45)13(24)23(41-12)33-8-32-15-21(26)30-7-31-22(15)33/h3,6-9,11-13,16-19,23,34H,2,4-5H2,1H3,(H2,25,28,29)(H2,26,30,31)/q+1/t9?,11?,12?,13?,16?,17?,18?,19?,23-,45?/m1/s1. The first kappa shape index (κ1) is 30.5. The molecule has 0 saturated carbocycles. The van der Waals surface area contributed by atoms with Crippen LogP contribution in [0.5, 0.6) is 0 Å². The Hall–Kier alpha value is -3.16. The number of ether oxygens (including phenoxy) is 2. The molecule has 3 saturated heterocycles. The number of hydrogen-bond acceptors (Lipinski definition) is 18. The predicted octanol–water partition coefficient (Wildman–Crippen LogP) is 0.948. The Morgan fingerprint density at radius 3 is 2.69 bits per heavy atom. The molecule has 7 rings (SSSR count). The second-order valence-electron chi connectivity index (χ2n) is 10.5. The van der Waals surface area contributed by atoms with E-state index in [0.717, 1.165) is 7.11 Å². The highest BCUT2D eigenvalue weighted by atomic mass is 31.2. The van der Waals surface area contributed by atoms with E-state index in [2.05, 4.69) is 29.9 Å². The number of aliphatic imine (C=N–C) groups is 1. The van der Waals surface area contributed by atoms with E-state index in [9.17, 15) is 14.2 Å². The van der Waals surface area contributed by atoms with Gasteiger partial charge in [0.2, 0.25) is 0 Å². The summed E-state index contributed by atoms with van der Waals surface area (Å²) in [6.45, 7) is -1.08. The van der Waals surface area contributed by atoms with Gasteiger partial charge in [-0.15, -0.1) is 9.05 Å². The van der Waals surface area contributed by atoms with Crippen LogP contribution in [-0.2, 0) is 47.6 Å². The summed E-state index contributed by atoms with van der Waals surface area (Å²) in [5.41, 5.74) is 13.1. The number of hydrogen-bond donors (Lipinski definition) is 3. The fourth-order valence-electron chi connectivity index (χ4n) is 5.68. The van der Waals surface area contributed by atoms with E-state index in [4.69, 9.17) is 43.6 Å². The van der Waals surface area contributed by atoms with Gasteiger partial charge in [-0.05, 0) is 0 Å². The molecule has 0 radical (unpaired) electrons. The summed E-state index contributed by atoms with van der Waals surface area (Å²) in [5.74, 6) is -0.248. The van der Waals surface area contributed by atoms with Crippen LogP contribution in [0.4, 0.5) is 21.7 Å². The molecule has 0 aliphatic carbocycles. The predicted molar refractivity (Wildman–Crippen MR) is 149 cm³/mol. The van der Waals surface area contributed by atoms with Crippen molar-refractivity contribution < 1.29 is 50.7 Å². The molecule has 3 aromatic heterocycles. The molecule has 3 fully saturated rings. The second-order valence-corrected chi connectivity index (χ2v) is 13.2. The molecule has 45 heavy (non-hydrogen) atoms. The number of nitrogens with two attached hydrogens (primary N) is 2. The molecule has 11 atom stereocenters. The van der Waals surface area contributed by atoms with Gasteiger partial charge in [0.05, 0.1) is 18.6 Å². The third-order valence-corrected chi connectivity index (χ3v) is 10.1. The Morgan fingerprint density at radius 2 is 1.87 bits per heavy atom. The summed E-state index contributed by atoms with van der Waals surface area (Å²) in [6.07, 6.45) is -5.46. The number of aromatic nitrogens is 6. The zero-order valence-corrected chi connectivity index (χ0v) is 25.1. The van der Waals surface area contributed by atoms with Gasteiger partial charge >= 0.3 is 16.1 Å². The summed E-state index contributed by atoms with van der Waals surface area (Å²) in [6, 6.07) is 0. The number of rotatable bonds is 3. The Bertz CT molecular complexity index is 1700. The number of imidazole rings is 1. The fraction of sp³-hybridized carbons (Fsp3) is 0.565. The summed E-state index contributed by atoms with van der Waals surface area (Å²) in [4.78, 5) is 24.6. The van der Waals surface area contributed by atoms with Crippen molar-refractivity contribution in [2.75, 3.05) is 31.8 Å². The van der Waals surface area contributed by atoms with E-state index in [1.165, 1.54) is 23.5 Å². The van der Waals surface area contributed by atoms with Crippen LogP contribution < -0.4 is 11.5 Å². The molecule has 240 valence electrons. The second kappa shape index (κ2) is 11.9. The highest BCUT2D eigenvalue weighted by Crippen LogP contribution is 2.54. The topological polar surface area (TPSA) is 253 Å². The number of aliphatic hydroxyl groups excluding tert-OH is 1. The Kier molecular flexibility index (Phi) is 8.06. The van der Waals surface area contributed by atoms with Gasteiger partial charge in [-0.25, -0.2) is 33.9 Å². The lowest BCUT2D eigenvalue weighted by atomic mass is 9.91. The Balaban J connectivity index is 1.15. The van der Waals surface area contributed by atoms with Crippen LogP contribution in [0.15, 0.2) is 24.0 Å². The molecule has 4 aliphatic heterocycles. The Morgan fingerprint density at radius 1 is 1.07 bits per heavy atom. The number of phosphoric ester groups is 1. The minimum absolute atomic E-state index is 0.0687. The summed E-state index contributed by atoms with van der Waals surface area (Å²) in [5, 5.41) is 11.1. The average molecular weight is 670 g/mol. The first-order chi connectivity index (χ1) is 21.7. The number of nitrogen functional groups attached to an aromatic ring is 2. The molecule has 3 aromatic rings. The van der Waals surface area contributed by atoms with Crippen molar-refractivity contribution in [1.82, 2.24) is 29.5 Å². The minimum atomic E-state index is -4.51. The summed E-state index contributed by atoms with van der Waals surface area (Å²) >= 11 is 0. The van der Waals surface area contributed by atoms with E-state index < -0.39 is 84.2 Å². The van der Waals surface area contributed by atoms with Gasteiger partial charge in [-0.2, -0.15) is 0 Å². The van der Waals surface area contributed by atoms with Crippen LogP contribution in [0.25, 0.3) is 11.2 Å². The van der Waals surface area contributed by atoms with Crippen molar-refractivity contribution in [3.8, 4) is 0 Å². The highest BCUT2D eigenvalue weighted by Gasteiger charge is 2.56. The first-order valence-corrected chi connectivity index (χ1v) is 16.2. The van der Waals surface area contributed by atoms with Gasteiger partial charge in [-0.3, -0.25) is 23.1 Å². The van der Waals surface area contributed by atoms with Crippen LogP contribution in [0.3, 0.4) is 0 Å². The number of nitrogens with zero attached hydrogens (tertiary/aromatic N) is 7. The third kappa shape index (κ3) is 5.50.